The standard InChI is InChI=1S/C18H31ClN2O5P2/c1-10(2)22-15-9-14(25-27-21-28(19)26-13(7)8)16(20)18(24-12(5)6)17(15)23-11(3)4/h9-13H,20H2,1-8H3. The minimum atomic E-state index is -1.46. The maximum Gasteiger partial charge on any atom is 0.263 e. The van der Waals surface area contributed by atoms with Crippen molar-refractivity contribution in [1.29, 1.82) is 0 Å². The Kier molecular flexibility index (Phi) is 10.6. The van der Waals surface area contributed by atoms with E-state index in [-0.39, 0.29) is 33.0 Å². The number of hydrogen-bond donors (Lipinski definition) is 1. The van der Waals surface area contributed by atoms with Gasteiger partial charge in [-0.1, -0.05) is 0 Å². The highest BCUT2D eigenvalue weighted by atomic mass is 35.7. The second kappa shape index (κ2) is 11.9. The quantitative estimate of drug-likeness (QED) is 0.289. The van der Waals surface area contributed by atoms with E-state index in [9.17, 15) is 0 Å². The molecule has 1 rings (SSSR count). The summed E-state index contributed by atoms with van der Waals surface area (Å²) in [7, 11) is -1.19. The molecule has 0 fully saturated rings. The van der Waals surface area contributed by atoms with Gasteiger partial charge in [-0.3, -0.25) is 0 Å². The normalized spacial score (nSPS) is 13.0. The molecule has 1 aromatic rings. The molecule has 0 aromatic heterocycles. The van der Waals surface area contributed by atoms with E-state index in [4.69, 9.17) is 40.2 Å². The fraction of sp³-hybridized carbons (Fsp3) is 0.667. The van der Waals surface area contributed by atoms with Gasteiger partial charge in [-0.25, -0.2) is 0 Å². The molecule has 0 amide bonds. The van der Waals surface area contributed by atoms with Crippen molar-refractivity contribution < 1.29 is 23.3 Å². The molecule has 0 bridgehead atoms. The molecular weight excluding hydrogens is 422 g/mol. The van der Waals surface area contributed by atoms with Crippen LogP contribution in [0.2, 0.25) is 0 Å². The molecule has 0 saturated heterocycles. The zero-order valence-electron chi connectivity index (χ0n) is 17.7. The van der Waals surface area contributed by atoms with E-state index in [1.807, 2.05) is 55.4 Å². The van der Waals surface area contributed by atoms with Crippen molar-refractivity contribution in [3.05, 3.63) is 6.07 Å². The van der Waals surface area contributed by atoms with Gasteiger partial charge in [0.15, 0.2) is 17.2 Å². The van der Waals surface area contributed by atoms with Gasteiger partial charge in [0, 0.05) is 6.07 Å². The van der Waals surface area contributed by atoms with Crippen molar-refractivity contribution in [3.63, 3.8) is 0 Å². The lowest BCUT2D eigenvalue weighted by Gasteiger charge is -2.23. The molecular formula is C18H31ClN2O5P2. The summed E-state index contributed by atoms with van der Waals surface area (Å²) in [6, 6.07) is 1.68. The van der Waals surface area contributed by atoms with Gasteiger partial charge in [0.05, 0.1) is 24.4 Å². The van der Waals surface area contributed by atoms with E-state index in [0.29, 0.717) is 28.7 Å². The summed E-state index contributed by atoms with van der Waals surface area (Å²) in [6.07, 6.45) is -0.292. The van der Waals surface area contributed by atoms with Crippen LogP contribution in [0.25, 0.3) is 0 Å². The average Bonchev–Trinajstić information content (AvgIpc) is 2.52. The molecule has 0 heterocycles. The molecule has 0 aliphatic rings. The SMILES string of the molecule is CC(C)Oc1cc(OP=NP(Cl)OC(C)C)c(N)c(OC(C)C)c1OC(C)C. The van der Waals surface area contributed by atoms with Gasteiger partial charge in [-0.05, 0) is 66.6 Å². The Morgan fingerprint density at radius 2 is 1.39 bits per heavy atom. The van der Waals surface area contributed by atoms with Crippen LogP contribution in [-0.2, 0) is 4.52 Å². The third kappa shape index (κ3) is 8.57. The predicted octanol–water partition coefficient (Wildman–Crippen LogP) is 6.94. The first-order valence-corrected chi connectivity index (χ1v) is 12.1. The number of halogens is 1. The first-order valence-electron chi connectivity index (χ1n) is 9.18. The van der Waals surface area contributed by atoms with E-state index in [2.05, 4.69) is 4.52 Å². The molecule has 7 nitrogen and oxygen atoms in total. The number of nitrogens with two attached hydrogens (primary N) is 1. The lowest BCUT2D eigenvalue weighted by molar-refractivity contribution is 0.176. The fourth-order valence-corrected chi connectivity index (χ4v) is 3.87. The van der Waals surface area contributed by atoms with Crippen LogP contribution in [0.1, 0.15) is 55.4 Å². The first-order chi connectivity index (χ1) is 13.0. The van der Waals surface area contributed by atoms with E-state index in [1.165, 1.54) is 0 Å². The molecule has 2 N–H and O–H groups in total. The lowest BCUT2D eigenvalue weighted by Crippen LogP contribution is -2.15. The van der Waals surface area contributed by atoms with Crippen LogP contribution in [0.4, 0.5) is 5.69 Å². The molecule has 0 saturated carbocycles. The van der Waals surface area contributed by atoms with Gasteiger partial charge in [0.25, 0.3) is 7.65 Å². The van der Waals surface area contributed by atoms with Gasteiger partial charge in [-0.15, -0.1) is 0 Å². The van der Waals surface area contributed by atoms with Crippen molar-refractivity contribution in [2.45, 2.75) is 79.8 Å². The number of ether oxygens (including phenoxy) is 3. The van der Waals surface area contributed by atoms with Crippen molar-refractivity contribution in [3.8, 4) is 23.0 Å². The van der Waals surface area contributed by atoms with E-state index >= 15 is 0 Å². The van der Waals surface area contributed by atoms with Crippen LogP contribution in [0.5, 0.6) is 23.0 Å². The Labute approximate surface area is 175 Å². The Balaban J connectivity index is 3.30. The Hall–Kier alpha value is -1.00. The highest BCUT2D eigenvalue weighted by molar-refractivity contribution is 7.80. The summed E-state index contributed by atoms with van der Waals surface area (Å²) in [5, 5.41) is 0. The van der Waals surface area contributed by atoms with Crippen molar-refractivity contribution in [2.24, 2.45) is 4.52 Å². The molecule has 0 radical (unpaired) electrons. The summed E-state index contributed by atoms with van der Waals surface area (Å²) in [5.41, 5.74) is 6.63. The summed E-state index contributed by atoms with van der Waals surface area (Å²) in [5.74, 6) is 1.71. The van der Waals surface area contributed by atoms with E-state index in [0.717, 1.165) is 0 Å². The van der Waals surface area contributed by atoms with Gasteiger partial charge in [0.2, 0.25) is 14.3 Å². The molecule has 1 atom stereocenters. The van der Waals surface area contributed by atoms with Crippen molar-refractivity contribution >= 4 is 33.2 Å². The number of nitrogen functional groups attached to an aromatic ring is 1. The summed E-state index contributed by atoms with van der Waals surface area (Å²) >= 11 is 6.05. The second-order valence-electron chi connectivity index (χ2n) is 7.09. The van der Waals surface area contributed by atoms with Gasteiger partial charge in [-0.2, -0.15) is 4.52 Å². The molecule has 28 heavy (non-hydrogen) atoms. The van der Waals surface area contributed by atoms with E-state index in [1.54, 1.807) is 6.07 Å². The number of rotatable bonds is 11. The number of benzene rings is 1. The van der Waals surface area contributed by atoms with Crippen LogP contribution in [0, 0.1) is 0 Å². The van der Waals surface area contributed by atoms with Crippen LogP contribution in [-0.4, -0.2) is 24.4 Å². The van der Waals surface area contributed by atoms with Crippen LogP contribution in [0.3, 0.4) is 0 Å². The summed E-state index contributed by atoms with van der Waals surface area (Å²) in [4.78, 5) is 0. The van der Waals surface area contributed by atoms with Gasteiger partial charge < -0.3 is 29.0 Å². The molecule has 160 valence electrons. The molecule has 1 aromatic carbocycles. The molecule has 10 heteroatoms. The van der Waals surface area contributed by atoms with Crippen LogP contribution < -0.4 is 24.5 Å². The van der Waals surface area contributed by atoms with Gasteiger partial charge >= 0.3 is 0 Å². The zero-order valence-corrected chi connectivity index (χ0v) is 20.3. The minimum Gasteiger partial charge on any atom is -0.487 e. The Morgan fingerprint density at radius 3 is 1.89 bits per heavy atom. The molecule has 0 aliphatic carbocycles. The maximum atomic E-state index is 6.31. The third-order valence-electron chi connectivity index (χ3n) is 2.82. The fourth-order valence-electron chi connectivity index (χ4n) is 2.01. The summed E-state index contributed by atoms with van der Waals surface area (Å²) in [6.45, 7) is 15.3. The maximum absolute atomic E-state index is 6.31. The smallest absolute Gasteiger partial charge is 0.263 e. The van der Waals surface area contributed by atoms with Crippen molar-refractivity contribution in [1.82, 2.24) is 0 Å². The monoisotopic (exact) mass is 452 g/mol. The first kappa shape index (κ1) is 25.0. The van der Waals surface area contributed by atoms with Gasteiger partial charge in [0.1, 0.15) is 5.69 Å². The number of anilines is 1. The predicted molar refractivity (Wildman–Crippen MR) is 117 cm³/mol. The van der Waals surface area contributed by atoms with Crippen LogP contribution >= 0.6 is 27.5 Å². The third-order valence-corrected chi connectivity index (χ3v) is 5.39. The lowest BCUT2D eigenvalue weighted by atomic mass is 10.2. The Morgan fingerprint density at radius 1 is 0.857 bits per heavy atom. The molecule has 0 spiro atoms. The van der Waals surface area contributed by atoms with Crippen molar-refractivity contribution in [2.75, 3.05) is 5.73 Å². The zero-order chi connectivity index (χ0) is 21.4. The number of nitrogens with zero attached hydrogens (tertiary/aromatic N) is 1. The highest BCUT2D eigenvalue weighted by Gasteiger charge is 2.24. The largest absolute Gasteiger partial charge is 0.487 e. The van der Waals surface area contributed by atoms with Crippen LogP contribution in [0.15, 0.2) is 10.6 Å². The Bertz CT molecular complexity index is 657. The molecule has 0 aliphatic heterocycles. The minimum absolute atomic E-state index is 0.0165. The second-order valence-corrected chi connectivity index (χ2v) is 9.68. The molecule has 1 unspecified atom stereocenters. The highest BCUT2D eigenvalue weighted by Crippen LogP contribution is 2.51. The van der Waals surface area contributed by atoms with E-state index < -0.39 is 7.65 Å². The number of hydrogen-bond acceptors (Lipinski definition) is 7. The topological polar surface area (TPSA) is 84.5 Å². The summed E-state index contributed by atoms with van der Waals surface area (Å²) < 4.78 is 33.1. The average molecular weight is 453 g/mol.